The predicted molar refractivity (Wildman–Crippen MR) is 161 cm³/mol. The number of nitrogens with zero attached hydrogens (tertiary/aromatic N) is 2. The first kappa shape index (κ1) is 28.4. The number of fused-ring (bicyclic) bond motifs is 1. The topological polar surface area (TPSA) is 115 Å². The van der Waals surface area contributed by atoms with E-state index in [0.717, 1.165) is 44.8 Å². The molecule has 42 heavy (non-hydrogen) atoms. The molecule has 8 nitrogen and oxygen atoms in total. The third kappa shape index (κ3) is 6.96. The summed E-state index contributed by atoms with van der Waals surface area (Å²) < 4.78 is 13.7. The van der Waals surface area contributed by atoms with Gasteiger partial charge < -0.3 is 23.9 Å². The van der Waals surface area contributed by atoms with Crippen LogP contribution in [0.5, 0.6) is 5.75 Å². The average molecular weight is 565 g/mol. The monoisotopic (exact) mass is 564 g/mol. The SMILES string of the molecule is Cc1oc(-c2ccccc2)nc1CCOc1ccc(C=Cc2cccc3c2c(CC(=O)O)cn3CCCC(=O)O)cc1. The van der Waals surface area contributed by atoms with E-state index in [1.54, 1.807) is 0 Å². The minimum atomic E-state index is -0.913. The summed E-state index contributed by atoms with van der Waals surface area (Å²) in [5.41, 5.74) is 5.29. The van der Waals surface area contributed by atoms with E-state index >= 15 is 0 Å². The molecule has 0 fully saturated rings. The number of hydrogen-bond donors (Lipinski definition) is 2. The summed E-state index contributed by atoms with van der Waals surface area (Å²) >= 11 is 0. The van der Waals surface area contributed by atoms with Gasteiger partial charge in [-0.25, -0.2) is 4.98 Å². The fourth-order valence-corrected chi connectivity index (χ4v) is 4.98. The minimum Gasteiger partial charge on any atom is -0.493 e. The van der Waals surface area contributed by atoms with Crippen LogP contribution in [0.3, 0.4) is 0 Å². The van der Waals surface area contributed by atoms with E-state index in [9.17, 15) is 14.7 Å². The van der Waals surface area contributed by atoms with Gasteiger partial charge in [-0.2, -0.15) is 0 Å². The number of carboxylic acids is 2. The van der Waals surface area contributed by atoms with Crippen LogP contribution in [-0.4, -0.2) is 38.3 Å². The van der Waals surface area contributed by atoms with Gasteiger partial charge >= 0.3 is 11.9 Å². The molecule has 0 aliphatic carbocycles. The molecule has 0 aliphatic heterocycles. The highest BCUT2D eigenvalue weighted by Crippen LogP contribution is 2.28. The fraction of sp³-hybridized carbons (Fsp3) is 0.206. The molecule has 2 aromatic heterocycles. The maximum atomic E-state index is 11.6. The Balaban J connectivity index is 1.25. The van der Waals surface area contributed by atoms with Crippen LogP contribution in [0.2, 0.25) is 0 Å². The summed E-state index contributed by atoms with van der Waals surface area (Å²) in [5.74, 6) is 0.389. The Labute approximate surface area is 243 Å². The number of aromatic nitrogens is 2. The Kier molecular flexibility index (Phi) is 8.82. The van der Waals surface area contributed by atoms with Gasteiger partial charge in [-0.1, -0.05) is 54.6 Å². The third-order valence-electron chi connectivity index (χ3n) is 7.00. The van der Waals surface area contributed by atoms with Gasteiger partial charge in [0.15, 0.2) is 0 Å². The van der Waals surface area contributed by atoms with Crippen molar-refractivity contribution < 1.29 is 29.0 Å². The fourth-order valence-electron chi connectivity index (χ4n) is 4.98. The second-order valence-electron chi connectivity index (χ2n) is 10.0. The number of aliphatic carboxylic acids is 2. The number of hydrogen-bond acceptors (Lipinski definition) is 5. The van der Waals surface area contributed by atoms with Crippen LogP contribution >= 0.6 is 0 Å². The van der Waals surface area contributed by atoms with Crippen LogP contribution in [0.4, 0.5) is 0 Å². The van der Waals surface area contributed by atoms with Crippen molar-refractivity contribution in [1.29, 1.82) is 0 Å². The molecule has 5 rings (SSSR count). The standard InChI is InChI=1S/C34H32N2O6/c1-23-29(35-34(42-23)26-7-3-2-4-8-26)18-20-41-28-16-13-24(14-17-28)12-15-25-9-5-10-30-33(25)27(21-32(39)40)22-36(30)19-6-11-31(37)38/h2-5,7-10,12-17,22H,6,11,18-21H2,1H3,(H,37,38)(H,39,40). The van der Waals surface area contributed by atoms with E-state index in [2.05, 4.69) is 4.98 Å². The number of rotatable bonds is 13. The van der Waals surface area contributed by atoms with Crippen molar-refractivity contribution in [2.24, 2.45) is 0 Å². The lowest BCUT2D eigenvalue weighted by Gasteiger charge is -2.06. The highest BCUT2D eigenvalue weighted by Gasteiger charge is 2.15. The smallest absolute Gasteiger partial charge is 0.307 e. The highest BCUT2D eigenvalue weighted by molar-refractivity contribution is 5.96. The molecule has 0 radical (unpaired) electrons. The van der Waals surface area contributed by atoms with Gasteiger partial charge in [-0.3, -0.25) is 9.59 Å². The Hall–Kier alpha value is -5.11. The number of oxazole rings is 1. The molecule has 0 atom stereocenters. The zero-order valence-electron chi connectivity index (χ0n) is 23.3. The molecule has 0 amide bonds. The normalized spacial score (nSPS) is 11.4. The van der Waals surface area contributed by atoms with Gasteiger partial charge in [0, 0.05) is 42.0 Å². The second kappa shape index (κ2) is 13.0. The summed E-state index contributed by atoms with van der Waals surface area (Å²) in [6, 6.07) is 23.4. The van der Waals surface area contributed by atoms with Crippen molar-refractivity contribution in [1.82, 2.24) is 9.55 Å². The molecule has 3 aromatic carbocycles. The van der Waals surface area contributed by atoms with Gasteiger partial charge in [0.2, 0.25) is 5.89 Å². The Bertz CT molecular complexity index is 1710. The number of carboxylic acid groups (broad SMARTS) is 2. The second-order valence-corrected chi connectivity index (χ2v) is 10.0. The minimum absolute atomic E-state index is 0.0578. The van der Waals surface area contributed by atoms with E-state index < -0.39 is 11.9 Å². The molecule has 0 spiro atoms. The zero-order chi connectivity index (χ0) is 29.5. The third-order valence-corrected chi connectivity index (χ3v) is 7.00. The molecule has 5 aromatic rings. The number of aryl methyl sites for hydroxylation is 2. The molecule has 214 valence electrons. The van der Waals surface area contributed by atoms with Crippen molar-refractivity contribution in [3.05, 3.63) is 107 Å². The van der Waals surface area contributed by atoms with Crippen molar-refractivity contribution in [3.63, 3.8) is 0 Å². The summed E-state index contributed by atoms with van der Waals surface area (Å²) in [6.07, 6.45) is 6.82. The van der Waals surface area contributed by atoms with E-state index in [0.29, 0.717) is 37.4 Å². The predicted octanol–water partition coefficient (Wildman–Crippen LogP) is 6.89. The van der Waals surface area contributed by atoms with Crippen LogP contribution in [0.1, 0.15) is 41.0 Å². The number of ether oxygens (including phenoxy) is 1. The largest absolute Gasteiger partial charge is 0.493 e. The van der Waals surface area contributed by atoms with E-state index in [-0.39, 0.29) is 12.8 Å². The Morgan fingerprint density at radius 2 is 1.74 bits per heavy atom. The van der Waals surface area contributed by atoms with Crippen LogP contribution < -0.4 is 4.74 Å². The van der Waals surface area contributed by atoms with Crippen LogP contribution in [0, 0.1) is 6.92 Å². The van der Waals surface area contributed by atoms with Crippen molar-refractivity contribution in [2.45, 2.75) is 39.2 Å². The first-order chi connectivity index (χ1) is 20.4. The molecule has 2 heterocycles. The van der Waals surface area contributed by atoms with Crippen molar-refractivity contribution in [2.75, 3.05) is 6.61 Å². The van der Waals surface area contributed by atoms with E-state index in [1.165, 1.54) is 0 Å². The molecular formula is C34H32N2O6. The van der Waals surface area contributed by atoms with Gasteiger partial charge in [0.25, 0.3) is 0 Å². The van der Waals surface area contributed by atoms with Gasteiger partial charge in [-0.15, -0.1) is 0 Å². The molecule has 2 N–H and O–H groups in total. The summed E-state index contributed by atoms with van der Waals surface area (Å²) in [7, 11) is 0. The summed E-state index contributed by atoms with van der Waals surface area (Å²) in [5, 5.41) is 19.3. The molecule has 8 heteroatoms. The molecule has 0 saturated carbocycles. The van der Waals surface area contributed by atoms with Gasteiger partial charge in [0.1, 0.15) is 11.5 Å². The summed E-state index contributed by atoms with van der Waals surface area (Å²) in [4.78, 5) is 27.1. The molecule has 0 unspecified atom stereocenters. The maximum absolute atomic E-state index is 11.6. The van der Waals surface area contributed by atoms with Crippen molar-refractivity contribution >= 4 is 35.0 Å². The number of carbonyl (C=O) groups is 2. The lowest BCUT2D eigenvalue weighted by atomic mass is 10.0. The lowest BCUT2D eigenvalue weighted by molar-refractivity contribution is -0.137. The number of benzene rings is 3. The van der Waals surface area contributed by atoms with E-state index in [1.807, 2.05) is 103 Å². The quantitative estimate of drug-likeness (QED) is 0.150. The Morgan fingerprint density at radius 1 is 0.952 bits per heavy atom. The zero-order valence-corrected chi connectivity index (χ0v) is 23.3. The molecule has 0 aliphatic rings. The van der Waals surface area contributed by atoms with Crippen LogP contribution in [-0.2, 0) is 29.0 Å². The first-order valence-electron chi connectivity index (χ1n) is 13.8. The molecule has 0 saturated heterocycles. The first-order valence-corrected chi connectivity index (χ1v) is 13.8. The average Bonchev–Trinajstić information content (AvgIpc) is 3.52. The highest BCUT2D eigenvalue weighted by atomic mass is 16.5. The lowest BCUT2D eigenvalue weighted by Crippen LogP contribution is -2.02. The Morgan fingerprint density at radius 3 is 2.48 bits per heavy atom. The van der Waals surface area contributed by atoms with Gasteiger partial charge in [0.05, 0.1) is 18.7 Å². The van der Waals surface area contributed by atoms with Crippen molar-refractivity contribution in [3.8, 4) is 17.2 Å². The summed E-state index contributed by atoms with van der Waals surface area (Å²) in [6.45, 7) is 2.88. The molecule has 0 bridgehead atoms. The van der Waals surface area contributed by atoms with Crippen LogP contribution in [0.15, 0.2) is 83.4 Å². The van der Waals surface area contributed by atoms with Crippen LogP contribution in [0.25, 0.3) is 34.5 Å². The molecular weight excluding hydrogens is 532 g/mol. The maximum Gasteiger partial charge on any atom is 0.307 e. The van der Waals surface area contributed by atoms with Gasteiger partial charge in [-0.05, 0) is 60.4 Å². The van der Waals surface area contributed by atoms with E-state index in [4.69, 9.17) is 14.3 Å².